The molecule has 2 N–H and O–H groups in total. The smallest absolute Gasteiger partial charge is 1.00 e. The van der Waals surface area contributed by atoms with Crippen molar-refractivity contribution in [2.75, 3.05) is 0 Å². The Morgan fingerprint density at radius 1 is 0.735 bits per heavy atom. The average molecular weight is 700 g/mol. The largest absolute Gasteiger partial charge is 2.00 e. The van der Waals surface area contributed by atoms with Crippen molar-refractivity contribution in [3.63, 3.8) is 0 Å². The summed E-state index contributed by atoms with van der Waals surface area (Å²) in [4.78, 5) is 22.5. The van der Waals surface area contributed by atoms with Crippen LogP contribution in [0.5, 0.6) is 0 Å². The van der Waals surface area contributed by atoms with Crippen LogP contribution in [0.15, 0.2) is 92.2 Å². The molecule has 6 aromatic rings. The third kappa shape index (κ3) is 11.9. The molecule has 6 heterocycles. The molecule has 2 aliphatic rings. The van der Waals surface area contributed by atoms with E-state index in [1.165, 1.54) is 51.4 Å². The topological polar surface area (TPSA) is 109 Å². The Balaban J connectivity index is 0.000000334. The van der Waals surface area contributed by atoms with Gasteiger partial charge in [-0.1, -0.05) is 71.6 Å². The van der Waals surface area contributed by atoms with Crippen molar-refractivity contribution >= 4 is 45.9 Å². The Hall–Kier alpha value is -3.28. The van der Waals surface area contributed by atoms with Crippen LogP contribution in [0.1, 0.15) is 107 Å². The molecular weight excluding hydrogens is 648 g/mol. The van der Waals surface area contributed by atoms with Crippen LogP contribution in [0, 0.1) is 12.3 Å². The number of imidazole rings is 3. The normalized spacial score (nSPS) is 14.4. The molecule has 0 radical (unpaired) electrons. The zero-order valence-corrected chi connectivity index (χ0v) is 29.0. The maximum atomic E-state index is 10.5. The summed E-state index contributed by atoms with van der Waals surface area (Å²) in [5.41, 5.74) is 5.47. The third-order valence-corrected chi connectivity index (χ3v) is 8.49. The van der Waals surface area contributed by atoms with Gasteiger partial charge in [0.1, 0.15) is 0 Å². The van der Waals surface area contributed by atoms with Crippen LogP contribution < -0.4 is 12.4 Å². The van der Waals surface area contributed by atoms with Gasteiger partial charge >= 0.3 is 23.1 Å². The number of carbonyl (C=O) groups excluding carboxylic acids is 1. The number of nitrogens with zero attached hydrogens (tertiary/aromatic N) is 6. The summed E-state index contributed by atoms with van der Waals surface area (Å²) < 4.78 is 5.60. The molecule has 260 valence electrons. The fraction of sp³-hybridized carbons (Fsp3) is 0.395. The van der Waals surface area contributed by atoms with Crippen molar-refractivity contribution < 1.29 is 27.4 Å². The second-order valence-corrected chi connectivity index (χ2v) is 11.5. The minimum Gasteiger partial charge on any atom is -1.00 e. The summed E-state index contributed by atoms with van der Waals surface area (Å²) in [7, 11) is 0. The van der Waals surface area contributed by atoms with E-state index in [2.05, 4.69) is 21.4 Å². The first-order chi connectivity index (χ1) is 22.2. The van der Waals surface area contributed by atoms with Gasteiger partial charge in [0.05, 0.1) is 78.2 Å². The number of fused-ring (bicyclic) bond motifs is 3. The van der Waals surface area contributed by atoms with E-state index in [1.54, 1.807) is 41.8 Å². The van der Waals surface area contributed by atoms with Crippen LogP contribution in [0.3, 0.4) is 0 Å². The van der Waals surface area contributed by atoms with E-state index < -0.39 is 0 Å². The fourth-order valence-electron chi connectivity index (χ4n) is 6.00. The molecule has 0 saturated heterocycles. The monoisotopic (exact) mass is 698 g/mol. The molecule has 6 aromatic heterocycles. The van der Waals surface area contributed by atoms with E-state index in [1.807, 2.05) is 63.5 Å². The second-order valence-electron chi connectivity index (χ2n) is 11.5. The van der Waals surface area contributed by atoms with Crippen LogP contribution in [-0.4, -0.2) is 67.7 Å². The van der Waals surface area contributed by atoms with Crippen LogP contribution in [-0.2, 0) is 6.61 Å². The first-order valence-corrected chi connectivity index (χ1v) is 16.0. The molecule has 0 aliphatic heterocycles. The van der Waals surface area contributed by atoms with Gasteiger partial charge < -0.3 is 37.8 Å². The Labute approximate surface area is 313 Å². The summed E-state index contributed by atoms with van der Waals surface area (Å²) in [5.74, 6) is 0.414. The Kier molecular flexibility index (Phi) is 20.7. The number of aldehydes is 1. The molecule has 8 rings (SSSR count). The van der Waals surface area contributed by atoms with Gasteiger partial charge in [-0.25, -0.2) is 15.0 Å². The molecule has 2 aliphatic carbocycles. The van der Waals surface area contributed by atoms with Gasteiger partial charge in [-0.2, -0.15) is 12.8 Å². The predicted molar refractivity (Wildman–Crippen MR) is 195 cm³/mol. The summed E-state index contributed by atoms with van der Waals surface area (Å²) in [6.45, 7) is 0.0493. The summed E-state index contributed by atoms with van der Waals surface area (Å²) in [6, 6.07) is 17.2. The van der Waals surface area contributed by atoms with E-state index in [-0.39, 0.29) is 63.0 Å². The van der Waals surface area contributed by atoms with Crippen LogP contribution >= 0.6 is 0 Å². The standard InChI is InChI=1S/C14H18N2O.C8H8N2O.C8H6N2O.C6H11.2CH4.ClH.Mg/c17-14(11-5-2-1-3-6-11)13-8-4-7-12-9-15-10-16(12)13;2*11-5-8-3-1-2-7-4-9-6-10(7)8;1-2-4-6-5-3-1;;;;/h4,7-11,14,17H,1-3,5-6H2;1-4,6,11H,5H2;1-6H;1H,2-6H2;2*1H4;1H;/q;;;-1;;;;+2/p-1. The van der Waals surface area contributed by atoms with Crippen molar-refractivity contribution in [3.8, 4) is 0 Å². The average Bonchev–Trinajstić information content (AvgIpc) is 3.91. The zero-order valence-electron chi connectivity index (χ0n) is 26.8. The van der Waals surface area contributed by atoms with Crippen molar-refractivity contribution in [1.82, 2.24) is 28.2 Å². The van der Waals surface area contributed by atoms with E-state index >= 15 is 0 Å². The molecule has 0 amide bonds. The van der Waals surface area contributed by atoms with Crippen LogP contribution in [0.25, 0.3) is 16.6 Å². The summed E-state index contributed by atoms with van der Waals surface area (Å²) in [5, 5.41) is 19.4. The van der Waals surface area contributed by atoms with Crippen molar-refractivity contribution in [2.24, 2.45) is 5.92 Å². The molecule has 1 atom stereocenters. The van der Waals surface area contributed by atoms with Crippen molar-refractivity contribution in [1.29, 1.82) is 0 Å². The molecule has 9 nitrogen and oxygen atoms in total. The second kappa shape index (κ2) is 23.2. The molecule has 49 heavy (non-hydrogen) atoms. The van der Waals surface area contributed by atoms with E-state index in [0.717, 1.165) is 47.1 Å². The van der Waals surface area contributed by atoms with Crippen molar-refractivity contribution in [3.05, 3.63) is 116 Å². The van der Waals surface area contributed by atoms with Gasteiger partial charge in [0.15, 0.2) is 6.29 Å². The minimum absolute atomic E-state index is 0. The van der Waals surface area contributed by atoms with Crippen molar-refractivity contribution in [2.45, 2.75) is 91.8 Å². The first kappa shape index (κ1) is 43.7. The van der Waals surface area contributed by atoms with E-state index in [9.17, 15) is 9.90 Å². The molecular formula is C38H51ClMgN6O3. The Morgan fingerprint density at radius 2 is 1.24 bits per heavy atom. The molecule has 0 aromatic carbocycles. The Bertz CT molecular complexity index is 1750. The SMILES string of the molecule is C.C.O=Cc1cccc2cncn12.OC(c1cccc2cncn12)C1CCCCC1.OCc1cccc2cncn12.[CH-]1CCCCC1.[Cl-].[Mg+2]. The molecule has 0 spiro atoms. The maximum absolute atomic E-state index is 10.5. The number of rotatable bonds is 4. The summed E-state index contributed by atoms with van der Waals surface area (Å²) >= 11 is 0. The van der Waals surface area contributed by atoms with Crippen LogP contribution in [0.4, 0.5) is 0 Å². The van der Waals surface area contributed by atoms with Gasteiger partial charge in [-0.05, 0) is 55.2 Å². The van der Waals surface area contributed by atoms with Gasteiger partial charge in [-0.15, -0.1) is 0 Å². The molecule has 1 unspecified atom stereocenters. The molecule has 2 saturated carbocycles. The minimum atomic E-state index is -0.354. The Morgan fingerprint density at radius 3 is 1.80 bits per heavy atom. The number of halogens is 1. The maximum Gasteiger partial charge on any atom is 2.00 e. The number of aliphatic hydroxyl groups excluding tert-OH is 2. The van der Waals surface area contributed by atoms with Gasteiger partial charge in [-0.3, -0.25) is 9.20 Å². The van der Waals surface area contributed by atoms with E-state index in [0.29, 0.717) is 11.6 Å². The third-order valence-electron chi connectivity index (χ3n) is 8.49. The molecule has 0 bridgehead atoms. The number of carbonyl (C=O) groups is 1. The first-order valence-electron chi connectivity index (χ1n) is 16.0. The van der Waals surface area contributed by atoms with Gasteiger partial charge in [0, 0.05) is 5.69 Å². The predicted octanol–water partition coefficient (Wildman–Crippen LogP) is 4.97. The van der Waals surface area contributed by atoms with Gasteiger partial charge in [0.2, 0.25) is 0 Å². The number of hydrogen-bond donors (Lipinski definition) is 2. The van der Waals surface area contributed by atoms with Crippen LogP contribution in [0.2, 0.25) is 0 Å². The number of pyridine rings is 3. The number of hydrogen-bond acceptors (Lipinski definition) is 6. The quantitative estimate of drug-likeness (QED) is 0.153. The molecule has 11 heteroatoms. The van der Waals surface area contributed by atoms with E-state index in [4.69, 9.17) is 5.11 Å². The number of aromatic nitrogens is 6. The zero-order chi connectivity index (χ0) is 31.3. The number of aliphatic hydroxyl groups is 2. The van der Waals surface area contributed by atoms with Gasteiger partial charge in [0.25, 0.3) is 0 Å². The fourth-order valence-corrected chi connectivity index (χ4v) is 6.00. The molecule has 2 fully saturated rings. The summed E-state index contributed by atoms with van der Waals surface area (Å²) in [6.07, 6.45) is 26.5.